The third-order valence-corrected chi connectivity index (χ3v) is 3.59. The maximum atomic E-state index is 12.0. The van der Waals surface area contributed by atoms with Crippen LogP contribution in [-0.2, 0) is 6.54 Å². The van der Waals surface area contributed by atoms with Gasteiger partial charge in [-0.3, -0.25) is 4.79 Å². The Morgan fingerprint density at radius 3 is 2.79 bits per heavy atom. The number of nitrogens with zero attached hydrogens (tertiary/aromatic N) is 1. The summed E-state index contributed by atoms with van der Waals surface area (Å²) in [7, 11) is 0. The van der Waals surface area contributed by atoms with Crippen molar-refractivity contribution in [3.63, 3.8) is 0 Å². The first-order chi connectivity index (χ1) is 9.29. The predicted octanol–water partition coefficient (Wildman–Crippen LogP) is 1.36. The van der Waals surface area contributed by atoms with Gasteiger partial charge in [0.05, 0.1) is 0 Å². The van der Waals surface area contributed by atoms with E-state index in [1.165, 1.54) is 32.4 Å². The van der Waals surface area contributed by atoms with E-state index in [1.807, 2.05) is 24.3 Å². The van der Waals surface area contributed by atoms with E-state index in [9.17, 15) is 4.79 Å². The molecule has 19 heavy (non-hydrogen) atoms. The molecule has 0 aromatic heterocycles. The molecule has 0 saturated carbocycles. The van der Waals surface area contributed by atoms with Crippen molar-refractivity contribution in [2.24, 2.45) is 5.73 Å². The van der Waals surface area contributed by atoms with Crippen LogP contribution < -0.4 is 11.1 Å². The zero-order chi connectivity index (χ0) is 13.5. The maximum absolute atomic E-state index is 12.0. The second-order valence-corrected chi connectivity index (χ2v) is 5.06. The number of nitrogens with one attached hydrogen (secondary N) is 1. The van der Waals surface area contributed by atoms with E-state index in [0.717, 1.165) is 12.1 Å². The Kier molecular flexibility index (Phi) is 5.36. The maximum Gasteiger partial charge on any atom is 0.251 e. The Morgan fingerprint density at radius 2 is 2.05 bits per heavy atom. The summed E-state index contributed by atoms with van der Waals surface area (Å²) >= 11 is 0. The molecule has 1 aliphatic rings. The lowest BCUT2D eigenvalue weighted by Gasteiger charge is -2.26. The fourth-order valence-corrected chi connectivity index (χ4v) is 2.45. The lowest BCUT2D eigenvalue weighted by Crippen LogP contribution is -2.37. The molecule has 1 aromatic rings. The van der Waals surface area contributed by atoms with Gasteiger partial charge in [-0.2, -0.15) is 0 Å². The van der Waals surface area contributed by atoms with Crippen molar-refractivity contribution in [1.29, 1.82) is 0 Å². The summed E-state index contributed by atoms with van der Waals surface area (Å²) in [4.78, 5) is 14.4. The summed E-state index contributed by atoms with van der Waals surface area (Å²) in [6.07, 6.45) is 3.91. The molecule has 1 amide bonds. The van der Waals surface area contributed by atoms with Crippen molar-refractivity contribution in [1.82, 2.24) is 10.2 Å². The van der Waals surface area contributed by atoms with Crippen LogP contribution in [0.2, 0.25) is 0 Å². The van der Waals surface area contributed by atoms with Gasteiger partial charge in [0.25, 0.3) is 5.91 Å². The minimum absolute atomic E-state index is 0.00712. The average molecular weight is 261 g/mol. The third-order valence-electron chi connectivity index (χ3n) is 3.59. The number of piperidine rings is 1. The van der Waals surface area contributed by atoms with Crippen molar-refractivity contribution in [3.8, 4) is 0 Å². The van der Waals surface area contributed by atoms with Gasteiger partial charge in [-0.05, 0) is 43.6 Å². The summed E-state index contributed by atoms with van der Waals surface area (Å²) in [5, 5.41) is 2.98. The van der Waals surface area contributed by atoms with Gasteiger partial charge in [0, 0.05) is 25.2 Å². The van der Waals surface area contributed by atoms with Crippen molar-refractivity contribution in [3.05, 3.63) is 35.4 Å². The van der Waals surface area contributed by atoms with Gasteiger partial charge < -0.3 is 16.0 Å². The van der Waals surface area contributed by atoms with Crippen molar-refractivity contribution in [2.75, 3.05) is 26.2 Å². The highest BCUT2D eigenvalue weighted by Crippen LogP contribution is 2.07. The number of amides is 1. The molecule has 0 radical (unpaired) electrons. The fraction of sp³-hybridized carbons (Fsp3) is 0.533. The van der Waals surface area contributed by atoms with E-state index in [4.69, 9.17) is 5.73 Å². The van der Waals surface area contributed by atoms with Crippen LogP contribution in [0.5, 0.6) is 0 Å². The first-order valence-electron chi connectivity index (χ1n) is 7.09. The molecule has 0 spiro atoms. The monoisotopic (exact) mass is 261 g/mol. The van der Waals surface area contributed by atoms with Gasteiger partial charge in [0.2, 0.25) is 0 Å². The number of carbonyl (C=O) groups excluding carboxylic acids is 1. The van der Waals surface area contributed by atoms with Crippen LogP contribution in [0.4, 0.5) is 0 Å². The molecule has 1 aromatic carbocycles. The quantitative estimate of drug-likeness (QED) is 0.841. The molecule has 1 saturated heterocycles. The molecule has 0 unspecified atom stereocenters. The first-order valence-corrected chi connectivity index (χ1v) is 7.09. The van der Waals surface area contributed by atoms with E-state index in [2.05, 4.69) is 10.2 Å². The molecule has 2 rings (SSSR count). The number of carbonyl (C=O) groups is 1. The standard InChI is InChI=1S/C15H23N3O/c16-12-13-5-4-6-14(11-13)15(19)17-7-10-18-8-2-1-3-9-18/h4-6,11H,1-3,7-10,12,16H2,(H,17,19). The Labute approximate surface area is 115 Å². The molecular formula is C15H23N3O. The van der Waals surface area contributed by atoms with E-state index in [0.29, 0.717) is 18.7 Å². The highest BCUT2D eigenvalue weighted by atomic mass is 16.1. The molecule has 1 aliphatic heterocycles. The molecule has 1 heterocycles. The summed E-state index contributed by atoms with van der Waals surface area (Å²) in [5.41, 5.74) is 7.26. The van der Waals surface area contributed by atoms with Crippen LogP contribution in [-0.4, -0.2) is 37.0 Å². The summed E-state index contributed by atoms with van der Waals surface area (Å²) in [6.45, 7) is 4.46. The number of nitrogens with two attached hydrogens (primary N) is 1. The number of rotatable bonds is 5. The molecule has 4 heteroatoms. The van der Waals surface area contributed by atoms with Gasteiger partial charge in [0.1, 0.15) is 0 Å². The number of likely N-dealkylation sites (tertiary alicyclic amines) is 1. The molecule has 3 N–H and O–H groups in total. The topological polar surface area (TPSA) is 58.4 Å². The normalized spacial score (nSPS) is 16.3. The second kappa shape index (κ2) is 7.26. The molecule has 104 valence electrons. The molecule has 0 atom stereocenters. The van der Waals surface area contributed by atoms with Crippen LogP contribution in [0.15, 0.2) is 24.3 Å². The van der Waals surface area contributed by atoms with Gasteiger partial charge in [-0.15, -0.1) is 0 Å². The number of hydrogen-bond acceptors (Lipinski definition) is 3. The highest BCUT2D eigenvalue weighted by Gasteiger charge is 2.10. The molecule has 0 aliphatic carbocycles. The third kappa shape index (κ3) is 4.33. The minimum Gasteiger partial charge on any atom is -0.351 e. The number of benzene rings is 1. The Hall–Kier alpha value is -1.39. The SMILES string of the molecule is NCc1cccc(C(=O)NCCN2CCCCC2)c1. The zero-order valence-corrected chi connectivity index (χ0v) is 11.4. The Bertz CT molecular complexity index is 414. The molecule has 0 bridgehead atoms. The van der Waals surface area contributed by atoms with E-state index < -0.39 is 0 Å². The average Bonchev–Trinajstić information content (AvgIpc) is 2.48. The lowest BCUT2D eigenvalue weighted by atomic mass is 10.1. The van der Waals surface area contributed by atoms with Gasteiger partial charge in [0.15, 0.2) is 0 Å². The highest BCUT2D eigenvalue weighted by molar-refractivity contribution is 5.94. The Morgan fingerprint density at radius 1 is 1.26 bits per heavy atom. The van der Waals surface area contributed by atoms with Crippen molar-refractivity contribution in [2.45, 2.75) is 25.8 Å². The van der Waals surface area contributed by atoms with Gasteiger partial charge in [-0.25, -0.2) is 0 Å². The zero-order valence-electron chi connectivity index (χ0n) is 11.4. The van der Waals surface area contributed by atoms with Crippen molar-refractivity contribution >= 4 is 5.91 Å². The van der Waals surface area contributed by atoms with Crippen LogP contribution in [0.1, 0.15) is 35.2 Å². The van der Waals surface area contributed by atoms with Gasteiger partial charge in [-0.1, -0.05) is 18.6 Å². The second-order valence-electron chi connectivity index (χ2n) is 5.06. The van der Waals surface area contributed by atoms with Crippen LogP contribution in [0, 0.1) is 0 Å². The van der Waals surface area contributed by atoms with Gasteiger partial charge >= 0.3 is 0 Å². The number of hydrogen-bond donors (Lipinski definition) is 2. The molecule has 1 fully saturated rings. The van der Waals surface area contributed by atoms with Crippen LogP contribution in [0.25, 0.3) is 0 Å². The van der Waals surface area contributed by atoms with E-state index >= 15 is 0 Å². The van der Waals surface area contributed by atoms with E-state index in [-0.39, 0.29) is 5.91 Å². The van der Waals surface area contributed by atoms with E-state index in [1.54, 1.807) is 0 Å². The predicted molar refractivity (Wildman–Crippen MR) is 77.0 cm³/mol. The minimum atomic E-state index is -0.00712. The summed E-state index contributed by atoms with van der Waals surface area (Å²) in [6, 6.07) is 7.50. The lowest BCUT2D eigenvalue weighted by molar-refractivity contribution is 0.0946. The van der Waals surface area contributed by atoms with Crippen LogP contribution in [0.3, 0.4) is 0 Å². The van der Waals surface area contributed by atoms with Crippen molar-refractivity contribution < 1.29 is 4.79 Å². The Balaban J connectivity index is 1.77. The first kappa shape index (κ1) is 14.0. The summed E-state index contributed by atoms with van der Waals surface area (Å²) in [5.74, 6) is -0.00712. The molecular weight excluding hydrogens is 238 g/mol. The smallest absolute Gasteiger partial charge is 0.251 e. The largest absolute Gasteiger partial charge is 0.351 e. The molecule has 4 nitrogen and oxygen atoms in total. The summed E-state index contributed by atoms with van der Waals surface area (Å²) < 4.78 is 0. The van der Waals surface area contributed by atoms with Crippen LogP contribution >= 0.6 is 0 Å². The fourth-order valence-electron chi connectivity index (χ4n) is 2.45.